The molecular weight excluding hydrogens is 469 g/mol. The number of rotatable bonds is 7. The van der Waals surface area contributed by atoms with E-state index in [4.69, 9.17) is 9.47 Å². The smallest absolute Gasteiger partial charge is 0.191 e. The molecule has 0 aliphatic carbocycles. The minimum Gasteiger partial charge on any atom is -0.497 e. The molecule has 0 bridgehead atoms. The molecule has 0 saturated carbocycles. The topological polar surface area (TPSA) is 89.0 Å². The van der Waals surface area contributed by atoms with Crippen molar-refractivity contribution >= 4 is 39.8 Å². The number of sulfone groups is 1. The summed E-state index contributed by atoms with van der Waals surface area (Å²) in [7, 11) is -1.29. The van der Waals surface area contributed by atoms with E-state index in [1.165, 1.54) is 0 Å². The van der Waals surface area contributed by atoms with Crippen LogP contribution in [0.3, 0.4) is 0 Å². The molecule has 9 heteroatoms. The summed E-state index contributed by atoms with van der Waals surface area (Å²) in [5, 5.41) is 6.34. The fourth-order valence-corrected chi connectivity index (χ4v) is 4.24. The highest BCUT2D eigenvalue weighted by Gasteiger charge is 2.28. The van der Waals surface area contributed by atoms with Crippen molar-refractivity contribution < 1.29 is 17.9 Å². The van der Waals surface area contributed by atoms with Gasteiger partial charge in [0.25, 0.3) is 0 Å². The van der Waals surface area contributed by atoms with E-state index in [2.05, 4.69) is 15.6 Å². The van der Waals surface area contributed by atoms with Crippen LogP contribution in [0.15, 0.2) is 29.3 Å². The molecule has 2 atom stereocenters. The Bertz CT molecular complexity index is 680. The Hall–Kier alpha value is -1.23. The molecule has 1 fully saturated rings. The zero-order valence-corrected chi connectivity index (χ0v) is 18.5. The van der Waals surface area contributed by atoms with Gasteiger partial charge in [0.15, 0.2) is 15.8 Å². The van der Waals surface area contributed by atoms with E-state index in [9.17, 15) is 8.42 Å². The molecule has 1 aromatic rings. The zero-order chi connectivity index (χ0) is 18.3. The SMILES string of the molecule is CCNC(=NCC(C)Oc1ccc(OC)cc1)NC1CCS(=O)(=O)C1.I. The Labute approximate surface area is 172 Å². The molecule has 1 heterocycles. The van der Waals surface area contributed by atoms with Crippen LogP contribution in [0, 0.1) is 0 Å². The number of halogens is 1. The minimum atomic E-state index is -2.91. The van der Waals surface area contributed by atoms with Crippen molar-refractivity contribution in [2.24, 2.45) is 4.99 Å². The second-order valence-corrected chi connectivity index (χ2v) is 8.30. The molecule has 1 aliphatic heterocycles. The van der Waals surface area contributed by atoms with E-state index in [1.54, 1.807) is 7.11 Å². The van der Waals surface area contributed by atoms with Gasteiger partial charge in [-0.2, -0.15) is 0 Å². The van der Waals surface area contributed by atoms with Crippen LogP contribution in [-0.2, 0) is 9.84 Å². The molecule has 0 amide bonds. The van der Waals surface area contributed by atoms with Crippen LogP contribution in [0.4, 0.5) is 0 Å². The fraction of sp³-hybridized carbons (Fsp3) is 0.588. The van der Waals surface area contributed by atoms with E-state index in [0.717, 1.165) is 11.5 Å². The van der Waals surface area contributed by atoms with Crippen molar-refractivity contribution in [2.75, 3.05) is 31.7 Å². The Morgan fingerprint density at radius 2 is 1.96 bits per heavy atom. The van der Waals surface area contributed by atoms with Crippen molar-refractivity contribution in [3.05, 3.63) is 24.3 Å². The third-order valence-corrected chi connectivity index (χ3v) is 5.59. The summed E-state index contributed by atoms with van der Waals surface area (Å²) in [4.78, 5) is 4.50. The van der Waals surface area contributed by atoms with Gasteiger partial charge in [-0.3, -0.25) is 0 Å². The standard InChI is InChI=1S/C17H27N3O4S.HI/c1-4-18-17(20-14-9-10-25(21,22)12-14)19-11-13(2)24-16-7-5-15(23-3)6-8-16;/h5-8,13-14H,4,9-12H2,1-3H3,(H2,18,19,20);1H. The second kappa shape index (κ2) is 10.8. The molecule has 1 aromatic carbocycles. The summed E-state index contributed by atoms with van der Waals surface area (Å²) in [6.45, 7) is 5.08. The van der Waals surface area contributed by atoms with Gasteiger partial charge in [-0.25, -0.2) is 13.4 Å². The number of hydrogen-bond acceptors (Lipinski definition) is 5. The Morgan fingerprint density at radius 1 is 1.31 bits per heavy atom. The lowest BCUT2D eigenvalue weighted by atomic mass is 10.3. The van der Waals surface area contributed by atoms with Crippen LogP contribution in [0.5, 0.6) is 11.5 Å². The Balaban J connectivity index is 0.00000338. The summed E-state index contributed by atoms with van der Waals surface area (Å²) in [6.07, 6.45) is 0.501. The maximum atomic E-state index is 11.6. The van der Waals surface area contributed by atoms with Crippen LogP contribution in [-0.4, -0.2) is 58.2 Å². The first-order chi connectivity index (χ1) is 11.9. The van der Waals surface area contributed by atoms with Crippen LogP contribution in [0.2, 0.25) is 0 Å². The highest BCUT2D eigenvalue weighted by molar-refractivity contribution is 14.0. The van der Waals surface area contributed by atoms with Gasteiger partial charge in [0.2, 0.25) is 0 Å². The van der Waals surface area contributed by atoms with Crippen LogP contribution in [0.1, 0.15) is 20.3 Å². The first-order valence-corrected chi connectivity index (χ1v) is 10.3. The second-order valence-electron chi connectivity index (χ2n) is 6.07. The molecule has 2 N–H and O–H groups in total. The number of hydrogen-bond donors (Lipinski definition) is 2. The van der Waals surface area contributed by atoms with Crippen LogP contribution < -0.4 is 20.1 Å². The summed E-state index contributed by atoms with van der Waals surface area (Å²) in [5.74, 6) is 2.55. The molecule has 0 aromatic heterocycles. The number of nitrogens with zero attached hydrogens (tertiary/aromatic N) is 1. The number of methoxy groups -OCH3 is 1. The lowest BCUT2D eigenvalue weighted by Gasteiger charge is -2.17. The van der Waals surface area contributed by atoms with Gasteiger partial charge in [-0.05, 0) is 44.5 Å². The van der Waals surface area contributed by atoms with Crippen molar-refractivity contribution in [3.63, 3.8) is 0 Å². The predicted octanol–water partition coefficient (Wildman–Crippen LogP) is 1.82. The summed E-state index contributed by atoms with van der Waals surface area (Å²) < 4.78 is 34.1. The molecule has 1 aliphatic rings. The van der Waals surface area contributed by atoms with Gasteiger partial charge in [0.05, 0.1) is 25.2 Å². The summed E-state index contributed by atoms with van der Waals surface area (Å²) >= 11 is 0. The van der Waals surface area contributed by atoms with E-state index in [-0.39, 0.29) is 47.6 Å². The molecule has 0 radical (unpaired) electrons. The van der Waals surface area contributed by atoms with Crippen LogP contribution >= 0.6 is 24.0 Å². The number of nitrogens with one attached hydrogen (secondary N) is 2. The maximum absolute atomic E-state index is 11.6. The number of benzene rings is 1. The molecule has 148 valence electrons. The van der Waals surface area contributed by atoms with Crippen molar-refractivity contribution in [1.82, 2.24) is 10.6 Å². The quantitative estimate of drug-likeness (QED) is 0.340. The normalized spacial score (nSPS) is 20.0. The largest absolute Gasteiger partial charge is 0.497 e. The number of guanidine groups is 1. The lowest BCUT2D eigenvalue weighted by molar-refractivity contribution is 0.230. The minimum absolute atomic E-state index is 0. The molecule has 1 saturated heterocycles. The van der Waals surface area contributed by atoms with Gasteiger partial charge in [-0.15, -0.1) is 24.0 Å². The number of ether oxygens (including phenoxy) is 2. The van der Waals surface area contributed by atoms with Crippen LogP contribution in [0.25, 0.3) is 0 Å². The zero-order valence-electron chi connectivity index (χ0n) is 15.4. The van der Waals surface area contributed by atoms with Crippen molar-refractivity contribution in [1.29, 1.82) is 0 Å². The molecule has 2 rings (SSSR count). The summed E-state index contributed by atoms with van der Waals surface area (Å²) in [6, 6.07) is 7.31. The van der Waals surface area contributed by atoms with Gasteiger partial charge >= 0.3 is 0 Å². The monoisotopic (exact) mass is 497 g/mol. The van der Waals surface area contributed by atoms with Crippen molar-refractivity contribution in [2.45, 2.75) is 32.4 Å². The average Bonchev–Trinajstić information content (AvgIpc) is 2.92. The molecular formula is C17H28IN3O4S. The third-order valence-electron chi connectivity index (χ3n) is 3.82. The first kappa shape index (κ1) is 22.8. The first-order valence-electron chi connectivity index (χ1n) is 8.48. The van der Waals surface area contributed by atoms with Gasteiger partial charge < -0.3 is 20.1 Å². The average molecular weight is 497 g/mol. The maximum Gasteiger partial charge on any atom is 0.191 e. The van der Waals surface area contributed by atoms with Gasteiger partial charge in [-0.1, -0.05) is 0 Å². The van der Waals surface area contributed by atoms with E-state index in [0.29, 0.717) is 25.5 Å². The lowest BCUT2D eigenvalue weighted by Crippen LogP contribution is -2.44. The van der Waals surface area contributed by atoms with Gasteiger partial charge in [0.1, 0.15) is 17.6 Å². The molecule has 7 nitrogen and oxygen atoms in total. The number of aliphatic imine (C=N–C) groups is 1. The van der Waals surface area contributed by atoms with E-state index in [1.807, 2.05) is 38.1 Å². The highest BCUT2D eigenvalue weighted by Crippen LogP contribution is 2.18. The van der Waals surface area contributed by atoms with E-state index >= 15 is 0 Å². The highest BCUT2D eigenvalue weighted by atomic mass is 127. The molecule has 2 unspecified atom stereocenters. The third kappa shape index (κ3) is 7.56. The Kier molecular flexibility index (Phi) is 9.48. The molecule has 26 heavy (non-hydrogen) atoms. The van der Waals surface area contributed by atoms with Gasteiger partial charge in [0, 0.05) is 12.6 Å². The van der Waals surface area contributed by atoms with E-state index < -0.39 is 9.84 Å². The predicted molar refractivity (Wildman–Crippen MR) is 115 cm³/mol. The molecule has 0 spiro atoms. The Morgan fingerprint density at radius 3 is 2.50 bits per heavy atom. The van der Waals surface area contributed by atoms with Crippen molar-refractivity contribution in [3.8, 4) is 11.5 Å². The fourth-order valence-electron chi connectivity index (χ4n) is 2.57. The summed E-state index contributed by atoms with van der Waals surface area (Å²) in [5.41, 5.74) is 0.